The standard InChI is InChI=1S/C11H17FN2O3/c1-3-5-14-7-13-6-8(14)10(15)9(12)11(16)17-4-2/h6-7,9-10,15H,3-5H2,1-2H3. The summed E-state index contributed by atoms with van der Waals surface area (Å²) in [4.78, 5) is 15.0. The molecule has 0 amide bonds. The molecule has 0 fully saturated rings. The minimum Gasteiger partial charge on any atom is -0.464 e. The van der Waals surface area contributed by atoms with Crippen LogP contribution in [0.1, 0.15) is 32.1 Å². The molecule has 0 aliphatic carbocycles. The lowest BCUT2D eigenvalue weighted by Gasteiger charge is -2.16. The molecule has 1 N–H and O–H groups in total. The van der Waals surface area contributed by atoms with Crippen molar-refractivity contribution in [3.63, 3.8) is 0 Å². The van der Waals surface area contributed by atoms with Crippen molar-refractivity contribution in [2.45, 2.75) is 39.1 Å². The van der Waals surface area contributed by atoms with Gasteiger partial charge in [-0.1, -0.05) is 6.92 Å². The van der Waals surface area contributed by atoms with E-state index >= 15 is 0 Å². The Hall–Kier alpha value is -1.43. The largest absolute Gasteiger partial charge is 0.464 e. The minimum absolute atomic E-state index is 0.0835. The summed E-state index contributed by atoms with van der Waals surface area (Å²) in [6.07, 6.45) is 0.0590. The van der Waals surface area contributed by atoms with Gasteiger partial charge in [-0.2, -0.15) is 0 Å². The molecule has 2 atom stereocenters. The first-order valence-electron chi connectivity index (χ1n) is 5.60. The second-order valence-electron chi connectivity index (χ2n) is 3.61. The number of nitrogens with zero attached hydrogens (tertiary/aromatic N) is 2. The summed E-state index contributed by atoms with van der Waals surface area (Å²) in [6.45, 7) is 4.23. The van der Waals surface area contributed by atoms with E-state index in [-0.39, 0.29) is 12.3 Å². The number of hydrogen-bond acceptors (Lipinski definition) is 4. The summed E-state index contributed by atoms with van der Waals surface area (Å²) in [5, 5.41) is 9.75. The lowest BCUT2D eigenvalue weighted by atomic mass is 10.1. The molecule has 0 saturated heterocycles. The van der Waals surface area contributed by atoms with Crippen LogP contribution in [0.4, 0.5) is 4.39 Å². The molecule has 0 aliphatic heterocycles. The maximum absolute atomic E-state index is 13.6. The highest BCUT2D eigenvalue weighted by Crippen LogP contribution is 2.20. The van der Waals surface area contributed by atoms with Crippen LogP contribution in [0, 0.1) is 0 Å². The number of aliphatic hydroxyl groups excluding tert-OH is 1. The molecule has 1 aromatic rings. The summed E-state index contributed by atoms with van der Waals surface area (Å²) in [7, 11) is 0. The van der Waals surface area contributed by atoms with E-state index in [1.165, 1.54) is 12.5 Å². The number of aryl methyl sites for hydroxylation is 1. The molecule has 96 valence electrons. The minimum atomic E-state index is -2.08. The molecular weight excluding hydrogens is 227 g/mol. The van der Waals surface area contributed by atoms with E-state index in [4.69, 9.17) is 0 Å². The number of ether oxygens (including phenoxy) is 1. The number of rotatable bonds is 6. The van der Waals surface area contributed by atoms with Crippen LogP contribution in [0.15, 0.2) is 12.5 Å². The summed E-state index contributed by atoms with van der Waals surface area (Å²) in [6, 6.07) is 0. The number of carbonyl (C=O) groups excluding carboxylic acids is 1. The Bertz CT molecular complexity index is 367. The number of hydrogen-bond donors (Lipinski definition) is 1. The van der Waals surface area contributed by atoms with Gasteiger partial charge in [0.15, 0.2) is 0 Å². The van der Waals surface area contributed by atoms with Gasteiger partial charge in [-0.25, -0.2) is 14.2 Å². The van der Waals surface area contributed by atoms with E-state index in [0.29, 0.717) is 6.54 Å². The third-order valence-electron chi connectivity index (χ3n) is 2.30. The van der Waals surface area contributed by atoms with Gasteiger partial charge in [-0.05, 0) is 13.3 Å². The molecular formula is C11H17FN2O3. The SMILES string of the molecule is CCCn1cncc1C(O)C(F)C(=O)OCC. The zero-order valence-corrected chi connectivity index (χ0v) is 9.97. The van der Waals surface area contributed by atoms with Crippen molar-refractivity contribution in [3.05, 3.63) is 18.2 Å². The Morgan fingerprint density at radius 1 is 1.65 bits per heavy atom. The Morgan fingerprint density at radius 3 is 2.94 bits per heavy atom. The average molecular weight is 244 g/mol. The van der Waals surface area contributed by atoms with Gasteiger partial charge >= 0.3 is 5.97 Å². The van der Waals surface area contributed by atoms with Crippen molar-refractivity contribution in [2.75, 3.05) is 6.61 Å². The second kappa shape index (κ2) is 6.34. The molecule has 0 spiro atoms. The number of esters is 1. The van der Waals surface area contributed by atoms with Crippen LogP contribution < -0.4 is 0 Å². The summed E-state index contributed by atoms with van der Waals surface area (Å²) in [5.41, 5.74) is 0.285. The Labute approximate surface area is 99.2 Å². The van der Waals surface area contributed by atoms with Gasteiger partial charge in [-0.3, -0.25) is 0 Å². The van der Waals surface area contributed by atoms with E-state index < -0.39 is 18.2 Å². The van der Waals surface area contributed by atoms with Crippen LogP contribution >= 0.6 is 0 Å². The number of aromatic nitrogens is 2. The number of halogens is 1. The Balaban J connectivity index is 2.77. The summed E-state index contributed by atoms with van der Waals surface area (Å²) >= 11 is 0. The molecule has 1 aromatic heterocycles. The number of carbonyl (C=O) groups is 1. The van der Waals surface area contributed by atoms with Crippen molar-refractivity contribution in [2.24, 2.45) is 0 Å². The predicted molar refractivity (Wildman–Crippen MR) is 59.0 cm³/mol. The van der Waals surface area contributed by atoms with E-state index in [0.717, 1.165) is 6.42 Å². The van der Waals surface area contributed by atoms with Gasteiger partial charge in [-0.15, -0.1) is 0 Å². The molecule has 1 heterocycles. The predicted octanol–water partition coefficient (Wildman–Crippen LogP) is 1.23. The third kappa shape index (κ3) is 3.26. The highest BCUT2D eigenvalue weighted by atomic mass is 19.1. The first kappa shape index (κ1) is 13.6. The van der Waals surface area contributed by atoms with Gasteiger partial charge in [0.1, 0.15) is 6.10 Å². The monoisotopic (exact) mass is 244 g/mol. The molecule has 0 aliphatic rings. The maximum atomic E-state index is 13.6. The zero-order valence-electron chi connectivity index (χ0n) is 9.97. The normalized spacial score (nSPS) is 14.4. The average Bonchev–Trinajstić information content (AvgIpc) is 2.76. The summed E-state index contributed by atoms with van der Waals surface area (Å²) < 4.78 is 19.7. The van der Waals surface area contributed by atoms with E-state index in [9.17, 15) is 14.3 Å². The zero-order chi connectivity index (χ0) is 12.8. The van der Waals surface area contributed by atoms with Crippen LogP contribution in [0.2, 0.25) is 0 Å². The lowest BCUT2D eigenvalue weighted by Crippen LogP contribution is -2.27. The molecule has 6 heteroatoms. The van der Waals surface area contributed by atoms with Crippen molar-refractivity contribution in [3.8, 4) is 0 Å². The Kier molecular flexibility index (Phi) is 5.09. The smallest absolute Gasteiger partial charge is 0.343 e. The van der Waals surface area contributed by atoms with Crippen LogP contribution in [0.3, 0.4) is 0 Å². The molecule has 17 heavy (non-hydrogen) atoms. The van der Waals surface area contributed by atoms with Gasteiger partial charge < -0.3 is 14.4 Å². The fraction of sp³-hybridized carbons (Fsp3) is 0.636. The molecule has 0 aromatic carbocycles. The fourth-order valence-corrected chi connectivity index (χ4v) is 1.51. The lowest BCUT2D eigenvalue weighted by molar-refractivity contribution is -0.153. The van der Waals surface area contributed by atoms with Crippen LogP contribution in [-0.2, 0) is 16.1 Å². The number of imidazole rings is 1. The highest BCUT2D eigenvalue weighted by molar-refractivity contribution is 5.75. The third-order valence-corrected chi connectivity index (χ3v) is 2.30. The Morgan fingerprint density at radius 2 is 2.35 bits per heavy atom. The first-order valence-corrected chi connectivity index (χ1v) is 5.60. The molecule has 0 saturated carbocycles. The van der Waals surface area contributed by atoms with Crippen molar-refractivity contribution < 1.29 is 19.0 Å². The maximum Gasteiger partial charge on any atom is 0.343 e. The van der Waals surface area contributed by atoms with Crippen molar-refractivity contribution in [1.82, 2.24) is 9.55 Å². The second-order valence-corrected chi connectivity index (χ2v) is 3.61. The van der Waals surface area contributed by atoms with E-state index in [2.05, 4.69) is 9.72 Å². The van der Waals surface area contributed by atoms with Gasteiger partial charge in [0, 0.05) is 6.54 Å². The van der Waals surface area contributed by atoms with Gasteiger partial charge in [0.05, 0.1) is 24.8 Å². The molecule has 0 radical (unpaired) electrons. The first-order chi connectivity index (χ1) is 8.11. The fourth-order valence-electron chi connectivity index (χ4n) is 1.51. The number of aliphatic hydroxyl groups is 1. The molecule has 2 unspecified atom stereocenters. The molecule has 1 rings (SSSR count). The van der Waals surface area contributed by atoms with E-state index in [1.54, 1.807) is 11.5 Å². The van der Waals surface area contributed by atoms with E-state index in [1.807, 2.05) is 6.92 Å². The quantitative estimate of drug-likeness (QED) is 0.764. The topological polar surface area (TPSA) is 64.3 Å². The summed E-state index contributed by atoms with van der Waals surface area (Å²) in [5.74, 6) is -1.05. The number of alkyl halides is 1. The van der Waals surface area contributed by atoms with Crippen LogP contribution in [0.25, 0.3) is 0 Å². The molecule has 5 nitrogen and oxygen atoms in total. The highest BCUT2D eigenvalue weighted by Gasteiger charge is 2.31. The van der Waals surface area contributed by atoms with Crippen LogP contribution in [-0.4, -0.2) is 33.4 Å². The van der Waals surface area contributed by atoms with Gasteiger partial charge in [0.2, 0.25) is 6.17 Å². The van der Waals surface area contributed by atoms with Gasteiger partial charge in [0.25, 0.3) is 0 Å². The van der Waals surface area contributed by atoms with Crippen molar-refractivity contribution >= 4 is 5.97 Å². The van der Waals surface area contributed by atoms with Crippen LogP contribution in [0.5, 0.6) is 0 Å². The molecule has 0 bridgehead atoms. The van der Waals surface area contributed by atoms with Crippen molar-refractivity contribution in [1.29, 1.82) is 0 Å².